The highest BCUT2D eigenvalue weighted by Gasteiger charge is 2.21. The van der Waals surface area contributed by atoms with Gasteiger partial charge >= 0.3 is 0 Å². The van der Waals surface area contributed by atoms with Crippen molar-refractivity contribution < 1.29 is 9.59 Å². The van der Waals surface area contributed by atoms with E-state index < -0.39 is 0 Å². The molecule has 2 N–H and O–H groups in total. The SMILES string of the molecule is CCCCNC(=O)c1nc(C(=O)Nc2cccc(C)c2)c2ccccn12. The van der Waals surface area contributed by atoms with Crippen LogP contribution < -0.4 is 10.6 Å². The van der Waals surface area contributed by atoms with Gasteiger partial charge in [0.15, 0.2) is 5.69 Å². The molecule has 2 aromatic heterocycles. The van der Waals surface area contributed by atoms with Crippen LogP contribution in [0, 0.1) is 6.92 Å². The standard InChI is InChI=1S/C20H22N4O2/c1-3-4-11-21-20(26)18-23-17(16-10-5-6-12-24(16)18)19(25)22-15-9-7-8-14(2)13-15/h5-10,12-13H,3-4,11H2,1-2H3,(H,21,26)(H,22,25). The molecule has 0 aliphatic carbocycles. The van der Waals surface area contributed by atoms with Gasteiger partial charge in [-0.1, -0.05) is 31.5 Å². The second-order valence-electron chi connectivity index (χ2n) is 6.17. The van der Waals surface area contributed by atoms with Crippen molar-refractivity contribution in [2.45, 2.75) is 26.7 Å². The number of nitrogens with zero attached hydrogens (tertiary/aromatic N) is 2. The highest BCUT2D eigenvalue weighted by molar-refractivity contribution is 6.08. The van der Waals surface area contributed by atoms with E-state index in [2.05, 4.69) is 22.5 Å². The lowest BCUT2D eigenvalue weighted by Crippen LogP contribution is -2.26. The van der Waals surface area contributed by atoms with Crippen LogP contribution in [0.5, 0.6) is 0 Å². The van der Waals surface area contributed by atoms with Crippen molar-refractivity contribution in [2.75, 3.05) is 11.9 Å². The quantitative estimate of drug-likeness (QED) is 0.669. The molecule has 0 saturated heterocycles. The number of fused-ring (bicyclic) bond motifs is 1. The first-order chi connectivity index (χ1) is 12.6. The van der Waals surface area contributed by atoms with Gasteiger partial charge in [-0.2, -0.15) is 0 Å². The number of rotatable bonds is 6. The van der Waals surface area contributed by atoms with Crippen LogP contribution in [-0.2, 0) is 0 Å². The third-order valence-electron chi connectivity index (χ3n) is 4.06. The molecule has 134 valence electrons. The third-order valence-corrected chi connectivity index (χ3v) is 4.06. The van der Waals surface area contributed by atoms with E-state index in [1.807, 2.05) is 37.3 Å². The molecule has 0 atom stereocenters. The number of carbonyl (C=O) groups is 2. The van der Waals surface area contributed by atoms with Crippen LogP contribution in [0.4, 0.5) is 5.69 Å². The van der Waals surface area contributed by atoms with Gasteiger partial charge in [-0.05, 0) is 43.2 Å². The van der Waals surface area contributed by atoms with Gasteiger partial charge in [-0.15, -0.1) is 0 Å². The predicted molar refractivity (Wildman–Crippen MR) is 102 cm³/mol. The fraction of sp³-hybridized carbons (Fsp3) is 0.250. The smallest absolute Gasteiger partial charge is 0.287 e. The minimum atomic E-state index is -0.341. The number of pyridine rings is 1. The van der Waals surface area contributed by atoms with Crippen LogP contribution in [-0.4, -0.2) is 27.7 Å². The number of nitrogens with one attached hydrogen (secondary N) is 2. The van der Waals surface area contributed by atoms with Gasteiger partial charge in [0.05, 0.1) is 5.52 Å². The molecule has 3 rings (SSSR count). The van der Waals surface area contributed by atoms with Crippen LogP contribution in [0.15, 0.2) is 48.7 Å². The molecule has 0 fully saturated rings. The summed E-state index contributed by atoms with van der Waals surface area (Å²) in [5.74, 6) is -0.410. The minimum absolute atomic E-state index is 0.214. The van der Waals surface area contributed by atoms with Crippen molar-refractivity contribution in [3.05, 3.63) is 65.7 Å². The number of amides is 2. The van der Waals surface area contributed by atoms with E-state index in [1.54, 1.807) is 22.7 Å². The molecule has 0 unspecified atom stereocenters. The van der Waals surface area contributed by atoms with Crippen molar-refractivity contribution in [3.63, 3.8) is 0 Å². The molecular weight excluding hydrogens is 328 g/mol. The summed E-state index contributed by atoms with van der Waals surface area (Å²) in [6.45, 7) is 4.60. The highest BCUT2D eigenvalue weighted by atomic mass is 16.2. The average Bonchev–Trinajstić information content (AvgIpc) is 3.02. The van der Waals surface area contributed by atoms with Gasteiger partial charge < -0.3 is 10.6 Å². The van der Waals surface area contributed by atoms with Crippen LogP contribution in [0.2, 0.25) is 0 Å². The van der Waals surface area contributed by atoms with E-state index in [1.165, 1.54) is 0 Å². The Hall–Kier alpha value is -3.15. The predicted octanol–water partition coefficient (Wildman–Crippen LogP) is 3.42. The molecule has 1 aromatic carbocycles. The van der Waals surface area contributed by atoms with Gasteiger partial charge in [0.1, 0.15) is 0 Å². The molecule has 2 heterocycles. The van der Waals surface area contributed by atoms with E-state index >= 15 is 0 Å². The Kier molecular flexibility index (Phi) is 5.31. The molecule has 2 amide bonds. The maximum absolute atomic E-state index is 12.7. The molecule has 26 heavy (non-hydrogen) atoms. The summed E-state index contributed by atoms with van der Waals surface area (Å²) in [6, 6.07) is 12.9. The molecule has 0 aliphatic rings. The number of aromatic nitrogens is 2. The largest absolute Gasteiger partial charge is 0.349 e. The van der Waals surface area contributed by atoms with Crippen molar-refractivity contribution in [1.82, 2.24) is 14.7 Å². The molecular formula is C20H22N4O2. The first-order valence-electron chi connectivity index (χ1n) is 8.73. The van der Waals surface area contributed by atoms with Crippen molar-refractivity contribution in [1.29, 1.82) is 0 Å². The van der Waals surface area contributed by atoms with Crippen molar-refractivity contribution >= 4 is 23.0 Å². The third kappa shape index (κ3) is 3.74. The molecule has 6 heteroatoms. The number of carbonyl (C=O) groups excluding carboxylic acids is 2. The lowest BCUT2D eigenvalue weighted by Gasteiger charge is -2.04. The van der Waals surface area contributed by atoms with Crippen LogP contribution in [0.3, 0.4) is 0 Å². The van der Waals surface area contributed by atoms with E-state index in [0.29, 0.717) is 17.7 Å². The lowest BCUT2D eigenvalue weighted by molar-refractivity contribution is 0.0942. The van der Waals surface area contributed by atoms with Gasteiger partial charge in [-0.3, -0.25) is 14.0 Å². The zero-order chi connectivity index (χ0) is 18.5. The van der Waals surface area contributed by atoms with E-state index in [4.69, 9.17) is 0 Å². The Labute approximate surface area is 152 Å². The van der Waals surface area contributed by atoms with Crippen LogP contribution in [0.25, 0.3) is 5.52 Å². The fourth-order valence-corrected chi connectivity index (χ4v) is 2.74. The average molecular weight is 350 g/mol. The summed E-state index contributed by atoms with van der Waals surface area (Å²) in [7, 11) is 0. The molecule has 0 aliphatic heterocycles. The number of benzene rings is 1. The number of imidazole rings is 1. The van der Waals surface area contributed by atoms with Crippen LogP contribution in [0.1, 0.15) is 46.4 Å². The van der Waals surface area contributed by atoms with E-state index in [9.17, 15) is 9.59 Å². The van der Waals surface area contributed by atoms with Gasteiger partial charge in [-0.25, -0.2) is 4.98 Å². The molecule has 0 bridgehead atoms. The number of unbranched alkanes of at least 4 members (excludes halogenated alkanes) is 1. The number of hydrogen-bond donors (Lipinski definition) is 2. The normalized spacial score (nSPS) is 10.7. The number of aryl methyl sites for hydroxylation is 1. The molecule has 0 radical (unpaired) electrons. The lowest BCUT2D eigenvalue weighted by atomic mass is 10.2. The number of anilines is 1. The molecule has 3 aromatic rings. The van der Waals surface area contributed by atoms with Gasteiger partial charge in [0.25, 0.3) is 11.8 Å². The minimum Gasteiger partial charge on any atom is -0.349 e. The molecule has 0 saturated carbocycles. The van der Waals surface area contributed by atoms with Gasteiger partial charge in [0.2, 0.25) is 5.82 Å². The first-order valence-corrected chi connectivity index (χ1v) is 8.73. The Morgan fingerprint density at radius 3 is 2.73 bits per heavy atom. The van der Waals surface area contributed by atoms with Crippen molar-refractivity contribution in [3.8, 4) is 0 Å². The summed E-state index contributed by atoms with van der Waals surface area (Å²) < 4.78 is 1.65. The van der Waals surface area contributed by atoms with Gasteiger partial charge in [0, 0.05) is 18.4 Å². The summed E-state index contributed by atoms with van der Waals surface area (Å²) in [5, 5.41) is 5.70. The Morgan fingerprint density at radius 2 is 1.96 bits per heavy atom. The second kappa shape index (κ2) is 7.82. The topological polar surface area (TPSA) is 75.5 Å². The number of hydrogen-bond acceptors (Lipinski definition) is 3. The summed E-state index contributed by atoms with van der Waals surface area (Å²) in [6.07, 6.45) is 3.63. The van der Waals surface area contributed by atoms with Crippen LogP contribution >= 0.6 is 0 Å². The molecule has 0 spiro atoms. The Bertz CT molecular complexity index is 946. The summed E-state index contributed by atoms with van der Waals surface area (Å²) in [4.78, 5) is 29.5. The first kappa shape index (κ1) is 17.7. The maximum atomic E-state index is 12.7. The Balaban J connectivity index is 1.91. The summed E-state index contributed by atoms with van der Waals surface area (Å²) in [5.41, 5.74) is 2.57. The zero-order valence-electron chi connectivity index (χ0n) is 15.0. The van der Waals surface area contributed by atoms with Crippen molar-refractivity contribution in [2.24, 2.45) is 0 Å². The Morgan fingerprint density at radius 1 is 1.12 bits per heavy atom. The maximum Gasteiger partial charge on any atom is 0.287 e. The monoisotopic (exact) mass is 350 g/mol. The molecule has 6 nitrogen and oxygen atoms in total. The fourth-order valence-electron chi connectivity index (χ4n) is 2.74. The highest BCUT2D eigenvalue weighted by Crippen LogP contribution is 2.16. The second-order valence-corrected chi connectivity index (χ2v) is 6.17. The van der Waals surface area contributed by atoms with E-state index in [0.717, 1.165) is 18.4 Å². The zero-order valence-corrected chi connectivity index (χ0v) is 15.0. The van der Waals surface area contributed by atoms with E-state index in [-0.39, 0.29) is 23.3 Å². The summed E-state index contributed by atoms with van der Waals surface area (Å²) >= 11 is 0.